The van der Waals surface area contributed by atoms with E-state index in [1.165, 1.54) is 0 Å². The van der Waals surface area contributed by atoms with Gasteiger partial charge in [-0.2, -0.15) is 0 Å². The monoisotopic (exact) mass is 388 g/mol. The highest BCUT2D eigenvalue weighted by atomic mass is 35.5. The van der Waals surface area contributed by atoms with Crippen LogP contribution >= 0.6 is 11.6 Å². The third-order valence-electron chi connectivity index (χ3n) is 3.65. The van der Waals surface area contributed by atoms with E-state index in [1.807, 2.05) is 31.2 Å². The quantitative estimate of drug-likeness (QED) is 0.670. The van der Waals surface area contributed by atoms with Crippen LogP contribution in [0.2, 0.25) is 5.02 Å². The van der Waals surface area contributed by atoms with Gasteiger partial charge in [0.05, 0.1) is 4.90 Å². The fourth-order valence-corrected chi connectivity index (χ4v) is 3.42. The number of hydrogen-bond acceptors (Lipinski definition) is 5. The summed E-state index contributed by atoms with van der Waals surface area (Å²) in [7, 11) is -3.69. The van der Waals surface area contributed by atoms with Crippen LogP contribution in [0.1, 0.15) is 11.1 Å². The lowest BCUT2D eigenvalue weighted by molar-refractivity contribution is 0.601. The standard InChI is InChI=1S/C18H17ClN4O2S/c1-13-6-8-15(9-7-13)26(24,25)23-18-11-10-17(21-22-18)20-12-14-4-2-3-5-16(14)19/h2-11H,12H2,1H3,(H,20,21)(H,22,23). The lowest BCUT2D eigenvalue weighted by Gasteiger charge is -2.09. The minimum atomic E-state index is -3.69. The third-order valence-corrected chi connectivity index (χ3v) is 5.39. The van der Waals surface area contributed by atoms with Crippen molar-refractivity contribution in [1.29, 1.82) is 0 Å². The van der Waals surface area contributed by atoms with Gasteiger partial charge in [-0.15, -0.1) is 10.2 Å². The average Bonchev–Trinajstić information content (AvgIpc) is 2.62. The van der Waals surface area contributed by atoms with Crippen LogP contribution in [0, 0.1) is 6.92 Å². The molecule has 0 saturated heterocycles. The predicted molar refractivity (Wildman–Crippen MR) is 103 cm³/mol. The van der Waals surface area contributed by atoms with E-state index in [-0.39, 0.29) is 10.7 Å². The number of anilines is 2. The van der Waals surface area contributed by atoms with Crippen molar-refractivity contribution in [3.8, 4) is 0 Å². The van der Waals surface area contributed by atoms with E-state index in [0.29, 0.717) is 17.4 Å². The molecule has 26 heavy (non-hydrogen) atoms. The van der Waals surface area contributed by atoms with Crippen molar-refractivity contribution in [2.75, 3.05) is 10.0 Å². The van der Waals surface area contributed by atoms with Gasteiger partial charge in [0, 0.05) is 11.6 Å². The molecule has 2 N–H and O–H groups in total. The van der Waals surface area contributed by atoms with E-state index < -0.39 is 10.0 Å². The maximum absolute atomic E-state index is 12.3. The first-order chi connectivity index (χ1) is 12.4. The van der Waals surface area contributed by atoms with E-state index in [2.05, 4.69) is 20.2 Å². The maximum Gasteiger partial charge on any atom is 0.263 e. The van der Waals surface area contributed by atoms with Gasteiger partial charge >= 0.3 is 0 Å². The summed E-state index contributed by atoms with van der Waals surface area (Å²) in [6.07, 6.45) is 0. The fraction of sp³-hybridized carbons (Fsp3) is 0.111. The molecule has 8 heteroatoms. The van der Waals surface area contributed by atoms with Gasteiger partial charge in [0.2, 0.25) is 0 Å². The molecule has 0 fully saturated rings. The van der Waals surface area contributed by atoms with E-state index in [9.17, 15) is 8.42 Å². The first-order valence-corrected chi connectivity index (χ1v) is 9.71. The van der Waals surface area contributed by atoms with Crippen LogP contribution in [0.4, 0.5) is 11.6 Å². The molecule has 6 nitrogen and oxygen atoms in total. The summed E-state index contributed by atoms with van der Waals surface area (Å²) in [5, 5.41) is 11.6. The zero-order valence-electron chi connectivity index (χ0n) is 14.0. The van der Waals surface area contributed by atoms with Gasteiger partial charge in [-0.05, 0) is 42.8 Å². The normalized spacial score (nSPS) is 11.2. The van der Waals surface area contributed by atoms with Crippen LogP contribution in [0.15, 0.2) is 65.6 Å². The molecule has 134 valence electrons. The molecule has 0 atom stereocenters. The van der Waals surface area contributed by atoms with Crippen LogP contribution < -0.4 is 10.0 Å². The minimum Gasteiger partial charge on any atom is -0.364 e. The first kappa shape index (κ1) is 18.2. The molecular formula is C18H17ClN4O2S. The Bertz CT molecular complexity index is 990. The van der Waals surface area contributed by atoms with Crippen LogP contribution in [0.3, 0.4) is 0 Å². The Morgan fingerprint density at radius 3 is 2.23 bits per heavy atom. The molecule has 0 radical (unpaired) electrons. The third kappa shape index (κ3) is 4.50. The van der Waals surface area contributed by atoms with Crippen molar-refractivity contribution < 1.29 is 8.42 Å². The summed E-state index contributed by atoms with van der Waals surface area (Å²) in [5.74, 6) is 0.664. The average molecular weight is 389 g/mol. The molecule has 3 aromatic rings. The van der Waals surface area contributed by atoms with Crippen LogP contribution in [-0.2, 0) is 16.6 Å². The number of rotatable bonds is 6. The number of aryl methyl sites for hydroxylation is 1. The number of aromatic nitrogens is 2. The van der Waals surface area contributed by atoms with Crippen LogP contribution in [0.5, 0.6) is 0 Å². The molecule has 0 aliphatic rings. The molecule has 3 rings (SSSR count). The number of halogens is 1. The van der Waals surface area contributed by atoms with Gasteiger partial charge in [0.15, 0.2) is 5.82 Å². The van der Waals surface area contributed by atoms with Crippen LogP contribution in [-0.4, -0.2) is 18.6 Å². The molecule has 0 spiro atoms. The lowest BCUT2D eigenvalue weighted by atomic mass is 10.2. The molecule has 2 aromatic carbocycles. The Labute approximate surface area is 157 Å². The van der Waals surface area contributed by atoms with Gasteiger partial charge in [-0.3, -0.25) is 4.72 Å². The number of sulfonamides is 1. The summed E-state index contributed by atoms with van der Waals surface area (Å²) in [5.41, 5.74) is 1.91. The Morgan fingerprint density at radius 1 is 0.923 bits per heavy atom. The fourth-order valence-electron chi connectivity index (χ4n) is 2.22. The molecule has 0 aliphatic carbocycles. The van der Waals surface area contributed by atoms with Crippen molar-refractivity contribution >= 4 is 33.3 Å². The maximum atomic E-state index is 12.3. The SMILES string of the molecule is Cc1ccc(S(=O)(=O)Nc2ccc(NCc3ccccc3Cl)nn2)cc1. The second kappa shape index (κ2) is 7.72. The Balaban J connectivity index is 1.66. The molecular weight excluding hydrogens is 372 g/mol. The van der Waals surface area contributed by atoms with E-state index in [0.717, 1.165) is 11.1 Å². The highest BCUT2D eigenvalue weighted by molar-refractivity contribution is 7.92. The summed E-state index contributed by atoms with van der Waals surface area (Å²) < 4.78 is 27.1. The highest BCUT2D eigenvalue weighted by Crippen LogP contribution is 2.18. The minimum absolute atomic E-state index is 0.147. The zero-order valence-corrected chi connectivity index (χ0v) is 15.6. The number of nitrogens with zero attached hydrogens (tertiary/aromatic N) is 2. The molecule has 0 unspecified atom stereocenters. The number of hydrogen-bond donors (Lipinski definition) is 2. The molecule has 0 amide bonds. The highest BCUT2D eigenvalue weighted by Gasteiger charge is 2.14. The largest absolute Gasteiger partial charge is 0.364 e. The van der Waals surface area contributed by atoms with Crippen LogP contribution in [0.25, 0.3) is 0 Å². The zero-order chi connectivity index (χ0) is 18.6. The lowest BCUT2D eigenvalue weighted by Crippen LogP contribution is -2.14. The van der Waals surface area contributed by atoms with Crippen molar-refractivity contribution in [3.63, 3.8) is 0 Å². The molecule has 0 aliphatic heterocycles. The second-order valence-electron chi connectivity index (χ2n) is 5.67. The Morgan fingerprint density at radius 2 is 1.58 bits per heavy atom. The van der Waals surface area contributed by atoms with Gasteiger partial charge < -0.3 is 5.32 Å². The number of nitrogens with one attached hydrogen (secondary N) is 2. The van der Waals surface area contributed by atoms with Crippen molar-refractivity contribution in [2.45, 2.75) is 18.4 Å². The topological polar surface area (TPSA) is 84.0 Å². The summed E-state index contributed by atoms with van der Waals surface area (Å²) in [6.45, 7) is 2.38. The van der Waals surface area contributed by atoms with Crippen molar-refractivity contribution in [2.24, 2.45) is 0 Å². The Kier molecular flexibility index (Phi) is 5.39. The van der Waals surface area contributed by atoms with Crippen molar-refractivity contribution in [1.82, 2.24) is 10.2 Å². The molecule has 0 saturated carbocycles. The Hall–Kier alpha value is -2.64. The second-order valence-corrected chi connectivity index (χ2v) is 7.76. The van der Waals surface area contributed by atoms with E-state index in [4.69, 9.17) is 11.6 Å². The summed E-state index contributed by atoms with van der Waals surface area (Å²) in [4.78, 5) is 0.172. The smallest absolute Gasteiger partial charge is 0.263 e. The van der Waals surface area contributed by atoms with Gasteiger partial charge in [-0.25, -0.2) is 8.42 Å². The predicted octanol–water partition coefficient (Wildman–Crippen LogP) is 3.85. The van der Waals surface area contributed by atoms with Gasteiger partial charge in [-0.1, -0.05) is 47.5 Å². The van der Waals surface area contributed by atoms with Crippen molar-refractivity contribution in [3.05, 3.63) is 76.8 Å². The number of benzene rings is 2. The molecule has 1 heterocycles. The first-order valence-electron chi connectivity index (χ1n) is 7.84. The van der Waals surface area contributed by atoms with E-state index in [1.54, 1.807) is 36.4 Å². The molecule has 1 aromatic heterocycles. The summed E-state index contributed by atoms with van der Waals surface area (Å²) in [6, 6.07) is 17.3. The van der Waals surface area contributed by atoms with E-state index >= 15 is 0 Å². The molecule has 0 bridgehead atoms. The van der Waals surface area contributed by atoms with Gasteiger partial charge in [0.25, 0.3) is 10.0 Å². The van der Waals surface area contributed by atoms with Gasteiger partial charge in [0.1, 0.15) is 5.82 Å². The summed E-state index contributed by atoms with van der Waals surface area (Å²) >= 11 is 6.10.